The molecule has 0 spiro atoms. The molecule has 1 aliphatic carbocycles. The maximum absolute atomic E-state index is 13.0. The van der Waals surface area contributed by atoms with Gasteiger partial charge >= 0.3 is 0 Å². The van der Waals surface area contributed by atoms with Crippen LogP contribution in [0.1, 0.15) is 63.2 Å². The second kappa shape index (κ2) is 8.54. The van der Waals surface area contributed by atoms with Crippen LogP contribution in [0.4, 0.5) is 0 Å². The second-order valence-electron chi connectivity index (χ2n) is 9.12. The number of benzene rings is 1. The number of carbonyl (C=O) groups is 1. The van der Waals surface area contributed by atoms with Gasteiger partial charge < -0.3 is 4.90 Å². The fraction of sp³-hybridized carbons (Fsp3) is 0.682. The zero-order valence-electron chi connectivity index (χ0n) is 17.6. The quantitative estimate of drug-likeness (QED) is 0.759. The van der Waals surface area contributed by atoms with E-state index in [9.17, 15) is 13.2 Å². The molecule has 0 radical (unpaired) electrons. The number of hydrogen-bond acceptors (Lipinski definition) is 3. The third-order valence-electron chi connectivity index (χ3n) is 6.43. The van der Waals surface area contributed by atoms with E-state index in [4.69, 9.17) is 0 Å². The molecule has 1 amide bonds. The lowest BCUT2D eigenvalue weighted by molar-refractivity contribution is 0.0679. The predicted octanol–water partition coefficient (Wildman–Crippen LogP) is 4.00. The van der Waals surface area contributed by atoms with Crippen LogP contribution in [0.25, 0.3) is 0 Å². The van der Waals surface area contributed by atoms with Crippen molar-refractivity contribution in [2.24, 2.45) is 17.8 Å². The van der Waals surface area contributed by atoms with Crippen molar-refractivity contribution in [2.45, 2.75) is 63.8 Å². The number of sulfonamides is 1. The number of amides is 1. The van der Waals surface area contributed by atoms with Gasteiger partial charge in [-0.3, -0.25) is 4.79 Å². The Labute approximate surface area is 170 Å². The lowest BCUT2D eigenvalue weighted by Crippen LogP contribution is -2.42. The fourth-order valence-electron chi connectivity index (χ4n) is 4.72. The molecule has 1 aromatic carbocycles. The molecule has 0 aromatic heterocycles. The van der Waals surface area contributed by atoms with Gasteiger partial charge in [0.25, 0.3) is 5.91 Å². The van der Waals surface area contributed by atoms with E-state index in [1.807, 2.05) is 11.9 Å². The number of hydrogen-bond donors (Lipinski definition) is 0. The van der Waals surface area contributed by atoms with Crippen LogP contribution in [0.5, 0.6) is 0 Å². The normalized spacial score (nSPS) is 29.4. The molecule has 1 heterocycles. The molecule has 1 saturated carbocycles. The van der Waals surface area contributed by atoms with E-state index >= 15 is 0 Å². The zero-order valence-corrected chi connectivity index (χ0v) is 18.4. The van der Waals surface area contributed by atoms with E-state index in [1.165, 1.54) is 0 Å². The standard InChI is InChI=1S/C22H34N2O3S/c1-16-5-9-20(10-6-16)23(4)22(25)19-7-11-21(12-8-19)28(26,27)24-14-17(2)13-18(3)15-24/h7-8,11-12,16-18,20H,5-6,9-10,13-15H2,1-4H3/t16?,17-,18+,20?. The first-order valence-corrected chi connectivity index (χ1v) is 12.0. The van der Waals surface area contributed by atoms with Crippen molar-refractivity contribution < 1.29 is 13.2 Å². The molecule has 2 aliphatic rings. The van der Waals surface area contributed by atoms with Gasteiger partial charge in [0.05, 0.1) is 4.90 Å². The van der Waals surface area contributed by atoms with E-state index in [-0.39, 0.29) is 16.8 Å². The summed E-state index contributed by atoms with van der Waals surface area (Å²) >= 11 is 0. The molecule has 5 nitrogen and oxygen atoms in total. The number of carbonyl (C=O) groups excluding carboxylic acids is 1. The molecule has 1 saturated heterocycles. The maximum Gasteiger partial charge on any atom is 0.253 e. The summed E-state index contributed by atoms with van der Waals surface area (Å²) in [5, 5.41) is 0. The zero-order chi connectivity index (χ0) is 20.5. The fourth-order valence-corrected chi connectivity index (χ4v) is 6.40. The average Bonchev–Trinajstić information content (AvgIpc) is 2.67. The van der Waals surface area contributed by atoms with Crippen LogP contribution in [-0.4, -0.2) is 49.7 Å². The van der Waals surface area contributed by atoms with Crippen LogP contribution >= 0.6 is 0 Å². The molecule has 0 bridgehead atoms. The Hall–Kier alpha value is -1.40. The van der Waals surface area contributed by atoms with Gasteiger partial charge in [-0.2, -0.15) is 4.31 Å². The monoisotopic (exact) mass is 406 g/mol. The molecule has 0 N–H and O–H groups in total. The van der Waals surface area contributed by atoms with Gasteiger partial charge in [0.2, 0.25) is 10.0 Å². The van der Waals surface area contributed by atoms with Crippen LogP contribution in [0.2, 0.25) is 0 Å². The van der Waals surface area contributed by atoms with Gasteiger partial charge in [0, 0.05) is 31.7 Å². The summed E-state index contributed by atoms with van der Waals surface area (Å²) in [7, 11) is -1.64. The highest BCUT2D eigenvalue weighted by Crippen LogP contribution is 2.29. The molecule has 1 aromatic rings. The van der Waals surface area contributed by atoms with Crippen molar-refractivity contribution in [1.29, 1.82) is 0 Å². The van der Waals surface area contributed by atoms with Crippen LogP contribution in [0.15, 0.2) is 29.2 Å². The Morgan fingerprint density at radius 3 is 2.00 bits per heavy atom. The minimum absolute atomic E-state index is 0.0243. The molecule has 0 unspecified atom stereocenters. The van der Waals surface area contributed by atoms with E-state index in [2.05, 4.69) is 20.8 Å². The largest absolute Gasteiger partial charge is 0.339 e. The smallest absolute Gasteiger partial charge is 0.253 e. The van der Waals surface area contributed by atoms with Crippen molar-refractivity contribution in [1.82, 2.24) is 9.21 Å². The van der Waals surface area contributed by atoms with E-state index in [1.54, 1.807) is 28.6 Å². The summed E-state index contributed by atoms with van der Waals surface area (Å²) in [6.45, 7) is 7.59. The van der Waals surface area contributed by atoms with Crippen LogP contribution in [0.3, 0.4) is 0 Å². The van der Waals surface area contributed by atoms with Gasteiger partial charge in [0.15, 0.2) is 0 Å². The van der Waals surface area contributed by atoms with Crippen molar-refractivity contribution in [3.05, 3.63) is 29.8 Å². The lowest BCUT2D eigenvalue weighted by Gasteiger charge is -2.34. The molecule has 1 aliphatic heterocycles. The lowest BCUT2D eigenvalue weighted by atomic mass is 9.86. The van der Waals surface area contributed by atoms with Crippen molar-refractivity contribution in [3.8, 4) is 0 Å². The molecular weight excluding hydrogens is 372 g/mol. The highest BCUT2D eigenvalue weighted by Gasteiger charge is 2.32. The van der Waals surface area contributed by atoms with Crippen molar-refractivity contribution >= 4 is 15.9 Å². The Balaban J connectivity index is 1.71. The minimum Gasteiger partial charge on any atom is -0.339 e. The first-order chi connectivity index (χ1) is 13.2. The first kappa shape index (κ1) is 21.3. The molecule has 3 rings (SSSR count). The SMILES string of the molecule is CC1CCC(N(C)C(=O)c2ccc(S(=O)(=O)N3C[C@H](C)C[C@H](C)C3)cc2)CC1. The second-order valence-corrected chi connectivity index (χ2v) is 11.1. The van der Waals surface area contributed by atoms with E-state index in [0.29, 0.717) is 30.5 Å². The highest BCUT2D eigenvalue weighted by atomic mass is 32.2. The Bertz CT molecular complexity index is 773. The summed E-state index contributed by atoms with van der Waals surface area (Å²) in [5.41, 5.74) is 0.556. The third-order valence-corrected chi connectivity index (χ3v) is 8.27. The van der Waals surface area contributed by atoms with Gasteiger partial charge in [-0.1, -0.05) is 20.8 Å². The number of piperidine rings is 1. The summed E-state index contributed by atoms with van der Waals surface area (Å²) in [5.74, 6) is 1.45. The molecule has 2 fully saturated rings. The molecule has 6 heteroatoms. The number of rotatable bonds is 4. The van der Waals surface area contributed by atoms with Gasteiger partial charge in [-0.05, 0) is 74.1 Å². The van der Waals surface area contributed by atoms with Crippen molar-refractivity contribution in [2.75, 3.05) is 20.1 Å². The van der Waals surface area contributed by atoms with Crippen LogP contribution in [0, 0.1) is 17.8 Å². The van der Waals surface area contributed by atoms with Gasteiger partial charge in [-0.25, -0.2) is 8.42 Å². The van der Waals surface area contributed by atoms with Crippen LogP contribution in [-0.2, 0) is 10.0 Å². The maximum atomic E-state index is 13.0. The molecule has 2 atom stereocenters. The molecule has 156 valence electrons. The van der Waals surface area contributed by atoms with E-state index < -0.39 is 10.0 Å². The summed E-state index contributed by atoms with van der Waals surface area (Å²) < 4.78 is 27.6. The molecular formula is C22H34N2O3S. The Morgan fingerprint density at radius 2 is 1.46 bits per heavy atom. The minimum atomic E-state index is -3.51. The summed E-state index contributed by atoms with van der Waals surface area (Å²) in [6.07, 6.45) is 5.46. The predicted molar refractivity (Wildman–Crippen MR) is 112 cm³/mol. The topological polar surface area (TPSA) is 57.7 Å². The van der Waals surface area contributed by atoms with Gasteiger partial charge in [0.1, 0.15) is 0 Å². The van der Waals surface area contributed by atoms with Crippen LogP contribution < -0.4 is 0 Å². The molecule has 28 heavy (non-hydrogen) atoms. The highest BCUT2D eigenvalue weighted by molar-refractivity contribution is 7.89. The summed E-state index contributed by atoms with van der Waals surface area (Å²) in [6, 6.07) is 6.78. The Kier molecular flexibility index (Phi) is 6.50. The summed E-state index contributed by atoms with van der Waals surface area (Å²) in [4.78, 5) is 15.0. The first-order valence-electron chi connectivity index (χ1n) is 10.6. The number of nitrogens with zero attached hydrogens (tertiary/aromatic N) is 2. The Morgan fingerprint density at radius 1 is 0.929 bits per heavy atom. The third kappa shape index (κ3) is 4.60. The average molecular weight is 407 g/mol. The van der Waals surface area contributed by atoms with Crippen molar-refractivity contribution in [3.63, 3.8) is 0 Å². The van der Waals surface area contributed by atoms with Gasteiger partial charge in [-0.15, -0.1) is 0 Å². The van der Waals surface area contributed by atoms with E-state index in [0.717, 1.165) is 38.0 Å².